The maximum absolute atomic E-state index is 12.8. The molecule has 0 saturated carbocycles. The van der Waals surface area contributed by atoms with E-state index in [0.717, 1.165) is 12.0 Å². The number of nitrogens with one attached hydrogen (secondary N) is 1. The van der Waals surface area contributed by atoms with E-state index in [-0.39, 0.29) is 29.7 Å². The summed E-state index contributed by atoms with van der Waals surface area (Å²) in [4.78, 5) is 37.9. The summed E-state index contributed by atoms with van der Waals surface area (Å²) in [6.45, 7) is 5.01. The van der Waals surface area contributed by atoms with Crippen LogP contribution in [0.3, 0.4) is 0 Å². The summed E-state index contributed by atoms with van der Waals surface area (Å²) < 4.78 is 5.69. The molecule has 2 aromatic carbocycles. The summed E-state index contributed by atoms with van der Waals surface area (Å²) >= 11 is 0. The van der Waals surface area contributed by atoms with E-state index in [9.17, 15) is 19.5 Å². The summed E-state index contributed by atoms with van der Waals surface area (Å²) in [5.41, 5.74) is 0.998. The van der Waals surface area contributed by atoms with Crippen molar-refractivity contribution in [1.29, 1.82) is 0 Å². The predicted molar refractivity (Wildman–Crippen MR) is 105 cm³/mol. The van der Waals surface area contributed by atoms with Gasteiger partial charge in [0.05, 0.1) is 11.3 Å². The Morgan fingerprint density at radius 1 is 1.14 bits per heavy atom. The third-order valence-corrected chi connectivity index (χ3v) is 4.57. The second kappa shape index (κ2) is 7.34. The number of carboxylic acid groups (broad SMARTS) is 1. The average Bonchev–Trinajstić information content (AvgIpc) is 2.65. The molecular weight excluding hydrogens is 360 g/mol. The van der Waals surface area contributed by atoms with Gasteiger partial charge in [0.2, 0.25) is 5.91 Å². The Balaban J connectivity index is 1.84. The van der Waals surface area contributed by atoms with E-state index < -0.39 is 11.6 Å². The van der Waals surface area contributed by atoms with Gasteiger partial charge >= 0.3 is 5.97 Å². The van der Waals surface area contributed by atoms with Gasteiger partial charge in [-0.1, -0.05) is 19.1 Å². The number of nitrogens with zero attached hydrogens (tertiary/aromatic N) is 1. The highest BCUT2D eigenvalue weighted by Gasteiger charge is 2.41. The van der Waals surface area contributed by atoms with Crippen molar-refractivity contribution in [2.24, 2.45) is 0 Å². The number of anilines is 2. The fourth-order valence-electron chi connectivity index (χ4n) is 3.03. The van der Waals surface area contributed by atoms with Crippen molar-refractivity contribution in [2.45, 2.75) is 32.8 Å². The first-order chi connectivity index (χ1) is 13.2. The third kappa shape index (κ3) is 3.83. The molecule has 2 amide bonds. The van der Waals surface area contributed by atoms with Crippen LogP contribution >= 0.6 is 0 Å². The third-order valence-electron chi connectivity index (χ3n) is 4.57. The topological polar surface area (TPSA) is 95.9 Å². The number of fused-ring (bicyclic) bond motifs is 1. The number of benzene rings is 2. The molecule has 0 spiro atoms. The highest BCUT2D eigenvalue weighted by molar-refractivity contribution is 6.08. The van der Waals surface area contributed by atoms with Crippen LogP contribution in [0.2, 0.25) is 0 Å². The number of hydrogen-bond acceptors (Lipinski definition) is 4. The Kier molecular flexibility index (Phi) is 5.09. The summed E-state index contributed by atoms with van der Waals surface area (Å²) in [6.07, 6.45) is 0.903. The Hall–Kier alpha value is -3.35. The van der Waals surface area contributed by atoms with Crippen molar-refractivity contribution in [3.63, 3.8) is 0 Å². The van der Waals surface area contributed by atoms with Crippen LogP contribution in [0, 0.1) is 0 Å². The van der Waals surface area contributed by atoms with Gasteiger partial charge < -0.3 is 15.2 Å². The highest BCUT2D eigenvalue weighted by Crippen LogP contribution is 2.38. The van der Waals surface area contributed by atoms with Gasteiger partial charge in [-0.2, -0.15) is 0 Å². The fourth-order valence-corrected chi connectivity index (χ4v) is 3.03. The molecule has 0 aliphatic carbocycles. The van der Waals surface area contributed by atoms with E-state index in [1.54, 1.807) is 13.8 Å². The molecule has 0 unspecified atom stereocenters. The van der Waals surface area contributed by atoms with Crippen molar-refractivity contribution in [3.05, 3.63) is 53.6 Å². The van der Waals surface area contributed by atoms with Crippen LogP contribution in [-0.2, 0) is 16.0 Å². The van der Waals surface area contributed by atoms with Crippen LogP contribution in [0.25, 0.3) is 0 Å². The van der Waals surface area contributed by atoms with Crippen molar-refractivity contribution < 1.29 is 24.2 Å². The molecule has 3 rings (SSSR count). The highest BCUT2D eigenvalue weighted by atomic mass is 16.5. The molecule has 1 aliphatic rings. The number of aromatic carboxylic acids is 1. The standard InChI is InChI=1S/C21H22N2O5/c1-4-13-5-8-15(9-6-13)22-18(24)12-23-16-10-7-14(19(25)26)11-17(16)28-21(2,3)20(23)27/h5-11H,4,12H2,1-3H3,(H,22,24)(H,25,26). The second-order valence-electron chi connectivity index (χ2n) is 7.09. The lowest BCUT2D eigenvalue weighted by Crippen LogP contribution is -2.54. The molecular formula is C21H22N2O5. The number of carboxylic acids is 1. The molecule has 0 radical (unpaired) electrons. The van der Waals surface area contributed by atoms with Gasteiger partial charge in [-0.15, -0.1) is 0 Å². The molecule has 0 fully saturated rings. The summed E-state index contributed by atoms with van der Waals surface area (Å²) in [5.74, 6) is -1.58. The largest absolute Gasteiger partial charge is 0.478 e. The Bertz CT molecular complexity index is 934. The SMILES string of the molecule is CCc1ccc(NC(=O)CN2C(=O)C(C)(C)Oc3cc(C(=O)O)ccc32)cc1. The number of ether oxygens (including phenoxy) is 1. The lowest BCUT2D eigenvalue weighted by Gasteiger charge is -2.38. The first-order valence-electron chi connectivity index (χ1n) is 8.98. The van der Waals surface area contributed by atoms with E-state index in [1.807, 2.05) is 31.2 Å². The van der Waals surface area contributed by atoms with Crippen molar-refractivity contribution in [3.8, 4) is 5.75 Å². The molecule has 7 heteroatoms. The minimum Gasteiger partial charge on any atom is -0.478 e. The zero-order valence-electron chi connectivity index (χ0n) is 16.0. The molecule has 28 heavy (non-hydrogen) atoms. The molecule has 2 aromatic rings. The predicted octanol–water partition coefficient (Wildman–Crippen LogP) is 3.09. The van der Waals surface area contributed by atoms with Crippen LogP contribution in [0.5, 0.6) is 5.75 Å². The molecule has 0 saturated heterocycles. The van der Waals surface area contributed by atoms with E-state index in [2.05, 4.69) is 5.32 Å². The van der Waals surface area contributed by atoms with Gasteiger partial charge in [-0.25, -0.2) is 4.79 Å². The zero-order chi connectivity index (χ0) is 20.5. The van der Waals surface area contributed by atoms with E-state index in [0.29, 0.717) is 11.4 Å². The van der Waals surface area contributed by atoms with Crippen LogP contribution in [-0.4, -0.2) is 35.0 Å². The van der Waals surface area contributed by atoms with E-state index >= 15 is 0 Å². The monoisotopic (exact) mass is 382 g/mol. The van der Waals surface area contributed by atoms with Crippen LogP contribution in [0.15, 0.2) is 42.5 Å². The van der Waals surface area contributed by atoms with Crippen molar-refractivity contribution in [2.75, 3.05) is 16.8 Å². The molecule has 1 aliphatic heterocycles. The number of aryl methyl sites for hydroxylation is 1. The number of hydrogen-bond donors (Lipinski definition) is 2. The number of carbonyl (C=O) groups is 3. The molecule has 0 atom stereocenters. The number of amides is 2. The Morgan fingerprint density at radius 3 is 2.43 bits per heavy atom. The molecule has 1 heterocycles. The quantitative estimate of drug-likeness (QED) is 0.828. The number of carbonyl (C=O) groups excluding carboxylic acids is 2. The van der Waals surface area contributed by atoms with Gasteiger partial charge in [0.15, 0.2) is 5.60 Å². The smallest absolute Gasteiger partial charge is 0.335 e. The van der Waals surface area contributed by atoms with E-state index in [4.69, 9.17) is 4.74 Å². The van der Waals surface area contributed by atoms with Crippen LogP contribution in [0.1, 0.15) is 36.7 Å². The Morgan fingerprint density at radius 2 is 1.82 bits per heavy atom. The molecule has 0 aromatic heterocycles. The van der Waals surface area contributed by atoms with Gasteiger partial charge in [0.1, 0.15) is 12.3 Å². The minimum absolute atomic E-state index is 0.0457. The maximum atomic E-state index is 12.8. The Labute approximate surface area is 162 Å². The first kappa shape index (κ1) is 19.4. The molecule has 7 nitrogen and oxygen atoms in total. The van der Waals surface area contributed by atoms with Gasteiger partial charge in [-0.3, -0.25) is 14.5 Å². The van der Waals surface area contributed by atoms with E-state index in [1.165, 1.54) is 23.1 Å². The first-order valence-corrected chi connectivity index (χ1v) is 8.98. The second-order valence-corrected chi connectivity index (χ2v) is 7.09. The average molecular weight is 382 g/mol. The zero-order valence-corrected chi connectivity index (χ0v) is 16.0. The lowest BCUT2D eigenvalue weighted by atomic mass is 10.0. The number of rotatable bonds is 5. The molecule has 2 N–H and O–H groups in total. The summed E-state index contributed by atoms with van der Waals surface area (Å²) in [6, 6.07) is 11.7. The van der Waals surface area contributed by atoms with Crippen molar-refractivity contribution in [1.82, 2.24) is 0 Å². The lowest BCUT2D eigenvalue weighted by molar-refractivity contribution is -0.133. The summed E-state index contributed by atoms with van der Waals surface area (Å²) in [7, 11) is 0. The van der Waals surface area contributed by atoms with Gasteiger partial charge in [0, 0.05) is 5.69 Å². The molecule has 0 bridgehead atoms. The summed E-state index contributed by atoms with van der Waals surface area (Å²) in [5, 5.41) is 12.0. The fraction of sp³-hybridized carbons (Fsp3) is 0.286. The van der Waals surface area contributed by atoms with Gasteiger partial charge in [-0.05, 0) is 56.2 Å². The van der Waals surface area contributed by atoms with Crippen LogP contribution < -0.4 is 15.0 Å². The maximum Gasteiger partial charge on any atom is 0.335 e. The normalized spacial score (nSPS) is 14.8. The van der Waals surface area contributed by atoms with Gasteiger partial charge in [0.25, 0.3) is 5.91 Å². The molecule has 146 valence electrons. The van der Waals surface area contributed by atoms with Crippen LogP contribution in [0.4, 0.5) is 11.4 Å². The minimum atomic E-state index is -1.22. The van der Waals surface area contributed by atoms with Crippen molar-refractivity contribution >= 4 is 29.2 Å².